The Morgan fingerprint density at radius 3 is 2.35 bits per heavy atom. The van der Waals surface area contributed by atoms with Gasteiger partial charge < -0.3 is 5.32 Å². The number of Topliss-reactive ketones (excluding diaryl/α,β-unsaturated/α-hetero) is 1. The van der Waals surface area contributed by atoms with Crippen LogP contribution in [0, 0.1) is 12.7 Å². The van der Waals surface area contributed by atoms with Crippen molar-refractivity contribution in [2.75, 3.05) is 5.32 Å². The monoisotopic (exact) mass is 430 g/mol. The predicted octanol–water partition coefficient (Wildman–Crippen LogP) is 5.15. The number of anilines is 1. The van der Waals surface area contributed by atoms with Gasteiger partial charge in [0.05, 0.1) is 23.0 Å². The summed E-state index contributed by atoms with van der Waals surface area (Å²) in [6.45, 7) is 1.88. The van der Waals surface area contributed by atoms with Crippen molar-refractivity contribution in [2.24, 2.45) is 0 Å². The number of hydrogen-bond acceptors (Lipinski definition) is 3. The molecule has 160 valence electrons. The minimum Gasteiger partial charge on any atom is -0.321 e. The third-order valence-corrected chi connectivity index (χ3v) is 4.54. The largest absolute Gasteiger partial charge is 0.418 e. The second-order valence-electron chi connectivity index (χ2n) is 7.07. The first-order valence-electron chi connectivity index (χ1n) is 9.31. The van der Waals surface area contributed by atoms with Crippen LogP contribution in [0.3, 0.4) is 0 Å². The second-order valence-corrected chi connectivity index (χ2v) is 7.07. The van der Waals surface area contributed by atoms with E-state index in [-0.39, 0.29) is 24.2 Å². The lowest BCUT2D eigenvalue weighted by Crippen LogP contribution is -2.18. The van der Waals surface area contributed by atoms with Gasteiger partial charge in [-0.1, -0.05) is 35.9 Å². The maximum absolute atomic E-state index is 13.7. The van der Waals surface area contributed by atoms with Gasteiger partial charge in [0.15, 0.2) is 5.82 Å². The number of aromatic nitrogens is 1. The number of nitrogens with zero attached hydrogens (tertiary/aromatic N) is 1. The first-order valence-corrected chi connectivity index (χ1v) is 9.31. The van der Waals surface area contributed by atoms with E-state index in [1.165, 1.54) is 6.07 Å². The van der Waals surface area contributed by atoms with Crippen LogP contribution in [0.15, 0.2) is 60.9 Å². The minimum absolute atomic E-state index is 0.100. The van der Waals surface area contributed by atoms with Crippen molar-refractivity contribution in [3.8, 4) is 0 Å². The number of amides is 1. The van der Waals surface area contributed by atoms with E-state index in [1.807, 2.05) is 25.1 Å². The molecular weight excluding hydrogens is 412 g/mol. The number of carbonyl (C=O) groups is 2. The number of halogens is 4. The van der Waals surface area contributed by atoms with E-state index in [2.05, 4.69) is 10.3 Å². The zero-order valence-electron chi connectivity index (χ0n) is 16.5. The molecule has 8 heteroatoms. The van der Waals surface area contributed by atoms with Gasteiger partial charge in [0, 0.05) is 19.0 Å². The lowest BCUT2D eigenvalue weighted by atomic mass is 9.99. The number of carbonyl (C=O) groups excluding carboxylic acids is 2. The average molecular weight is 430 g/mol. The van der Waals surface area contributed by atoms with Crippen molar-refractivity contribution >= 4 is 17.4 Å². The number of aryl methyl sites for hydroxylation is 1. The molecule has 1 amide bonds. The Hall–Kier alpha value is -3.55. The van der Waals surface area contributed by atoms with Crippen LogP contribution in [0.25, 0.3) is 0 Å². The first kappa shape index (κ1) is 22.1. The third kappa shape index (κ3) is 5.75. The Kier molecular flexibility index (Phi) is 6.48. The highest BCUT2D eigenvalue weighted by atomic mass is 19.4. The Morgan fingerprint density at radius 2 is 1.71 bits per heavy atom. The molecule has 0 saturated carbocycles. The SMILES string of the molecule is Cc1cccc(CC(=O)Cc2ccc(NC(=O)c3ccncc3F)c(C(F)(F)F)c2)c1. The summed E-state index contributed by atoms with van der Waals surface area (Å²) in [5.41, 5.74) is -0.141. The zero-order valence-corrected chi connectivity index (χ0v) is 16.5. The quantitative estimate of drug-likeness (QED) is 0.550. The van der Waals surface area contributed by atoms with Crippen LogP contribution in [-0.4, -0.2) is 16.7 Å². The average Bonchev–Trinajstić information content (AvgIpc) is 2.68. The molecule has 1 N–H and O–H groups in total. The van der Waals surface area contributed by atoms with Crippen molar-refractivity contribution in [3.63, 3.8) is 0 Å². The summed E-state index contributed by atoms with van der Waals surface area (Å²) < 4.78 is 54.4. The smallest absolute Gasteiger partial charge is 0.321 e. The predicted molar refractivity (Wildman–Crippen MR) is 107 cm³/mol. The molecule has 0 aliphatic carbocycles. The molecule has 1 heterocycles. The van der Waals surface area contributed by atoms with E-state index in [9.17, 15) is 27.2 Å². The molecule has 0 aliphatic rings. The van der Waals surface area contributed by atoms with E-state index in [1.54, 1.807) is 6.07 Å². The maximum atomic E-state index is 13.7. The van der Waals surface area contributed by atoms with Crippen LogP contribution < -0.4 is 5.32 Å². The van der Waals surface area contributed by atoms with Crippen LogP contribution in [0.4, 0.5) is 23.2 Å². The van der Waals surface area contributed by atoms with Gasteiger partial charge in [-0.15, -0.1) is 0 Å². The minimum atomic E-state index is -4.78. The lowest BCUT2D eigenvalue weighted by Gasteiger charge is -2.15. The van der Waals surface area contributed by atoms with E-state index in [0.717, 1.165) is 41.7 Å². The molecule has 3 rings (SSSR count). The Morgan fingerprint density at radius 1 is 1.00 bits per heavy atom. The number of pyridine rings is 1. The molecule has 2 aromatic carbocycles. The highest BCUT2D eigenvalue weighted by Crippen LogP contribution is 2.36. The fourth-order valence-corrected chi connectivity index (χ4v) is 3.13. The van der Waals surface area contributed by atoms with Crippen LogP contribution in [-0.2, 0) is 23.8 Å². The molecule has 0 fully saturated rings. The molecule has 31 heavy (non-hydrogen) atoms. The molecule has 0 bridgehead atoms. The van der Waals surface area contributed by atoms with Crippen LogP contribution >= 0.6 is 0 Å². The van der Waals surface area contributed by atoms with Gasteiger partial charge in [0.1, 0.15) is 5.78 Å². The molecule has 0 atom stereocenters. The number of benzene rings is 2. The Bertz CT molecular complexity index is 1130. The maximum Gasteiger partial charge on any atom is 0.418 e. The number of nitrogens with one attached hydrogen (secondary N) is 1. The summed E-state index contributed by atoms with van der Waals surface area (Å²) in [5.74, 6) is -2.23. The third-order valence-electron chi connectivity index (χ3n) is 4.54. The highest BCUT2D eigenvalue weighted by Gasteiger charge is 2.34. The summed E-state index contributed by atoms with van der Waals surface area (Å²) in [7, 11) is 0. The van der Waals surface area contributed by atoms with Crippen LogP contribution in [0.1, 0.15) is 32.6 Å². The zero-order chi connectivity index (χ0) is 22.6. The van der Waals surface area contributed by atoms with Gasteiger partial charge in [-0.2, -0.15) is 13.2 Å². The van der Waals surface area contributed by atoms with Gasteiger partial charge >= 0.3 is 6.18 Å². The highest BCUT2D eigenvalue weighted by molar-refractivity contribution is 6.04. The number of rotatable bonds is 6. The van der Waals surface area contributed by atoms with Gasteiger partial charge in [0.2, 0.25) is 0 Å². The van der Waals surface area contributed by atoms with Crippen molar-refractivity contribution < 1.29 is 27.2 Å². The van der Waals surface area contributed by atoms with Gasteiger partial charge in [-0.3, -0.25) is 14.6 Å². The van der Waals surface area contributed by atoms with E-state index >= 15 is 0 Å². The Balaban J connectivity index is 1.81. The van der Waals surface area contributed by atoms with Crippen LogP contribution in [0.2, 0.25) is 0 Å². The van der Waals surface area contributed by atoms with Crippen molar-refractivity contribution in [1.29, 1.82) is 0 Å². The molecule has 0 spiro atoms. The summed E-state index contributed by atoms with van der Waals surface area (Å²) in [5, 5.41) is 2.09. The summed E-state index contributed by atoms with van der Waals surface area (Å²) in [6.07, 6.45) is -2.92. The van der Waals surface area contributed by atoms with Crippen molar-refractivity contribution in [3.05, 3.63) is 94.6 Å². The van der Waals surface area contributed by atoms with Crippen molar-refractivity contribution in [2.45, 2.75) is 25.9 Å². The Labute approximate surface area is 175 Å². The van der Waals surface area contributed by atoms with Crippen LogP contribution in [0.5, 0.6) is 0 Å². The molecule has 3 aromatic rings. The molecule has 1 aromatic heterocycles. The van der Waals surface area contributed by atoms with E-state index < -0.39 is 34.7 Å². The fourth-order valence-electron chi connectivity index (χ4n) is 3.13. The standard InChI is InChI=1S/C23H18F4N2O2/c1-14-3-2-4-15(9-14)10-17(30)11-16-5-6-21(19(12-16)23(25,26)27)29-22(31)18-7-8-28-13-20(18)24/h2-9,12-13H,10-11H2,1H3,(H,29,31). The molecule has 0 aliphatic heterocycles. The van der Waals surface area contributed by atoms with E-state index in [0.29, 0.717) is 0 Å². The number of ketones is 1. The van der Waals surface area contributed by atoms with Crippen molar-refractivity contribution in [1.82, 2.24) is 4.98 Å². The van der Waals surface area contributed by atoms with Gasteiger partial charge in [0.25, 0.3) is 5.91 Å². The lowest BCUT2D eigenvalue weighted by molar-refractivity contribution is -0.137. The molecule has 0 radical (unpaired) electrons. The normalized spacial score (nSPS) is 11.3. The van der Waals surface area contributed by atoms with Gasteiger partial charge in [-0.05, 0) is 36.2 Å². The molecular formula is C23H18F4N2O2. The van der Waals surface area contributed by atoms with Gasteiger partial charge in [-0.25, -0.2) is 4.39 Å². The second kappa shape index (κ2) is 9.07. The number of hydrogen-bond donors (Lipinski definition) is 1. The summed E-state index contributed by atoms with van der Waals surface area (Å²) in [4.78, 5) is 28.0. The number of alkyl halides is 3. The first-order chi connectivity index (χ1) is 14.6. The molecule has 0 saturated heterocycles. The molecule has 4 nitrogen and oxygen atoms in total. The van der Waals surface area contributed by atoms with E-state index in [4.69, 9.17) is 0 Å². The topological polar surface area (TPSA) is 59.1 Å². The molecule has 0 unspecified atom stereocenters. The summed E-state index contributed by atoms with van der Waals surface area (Å²) >= 11 is 0. The fraction of sp³-hybridized carbons (Fsp3) is 0.174. The summed E-state index contributed by atoms with van der Waals surface area (Å²) in [6, 6.07) is 11.6.